The van der Waals surface area contributed by atoms with E-state index in [0.29, 0.717) is 6.54 Å². The first kappa shape index (κ1) is 12.6. The summed E-state index contributed by atoms with van der Waals surface area (Å²) in [5, 5.41) is 0. The minimum atomic E-state index is -0.430. The third-order valence-corrected chi connectivity index (χ3v) is 3.22. The number of rotatable bonds is 1. The quantitative estimate of drug-likeness (QED) is 0.740. The average molecular weight is 232 g/mol. The molecule has 0 aromatic heterocycles. The van der Waals surface area contributed by atoms with Crippen LogP contribution in [0.1, 0.15) is 20.8 Å². The Morgan fingerprint density at radius 1 is 1.60 bits per heavy atom. The third-order valence-electron chi connectivity index (χ3n) is 2.13. The molecule has 0 radical (unpaired) electrons. The van der Waals surface area contributed by atoms with Crippen molar-refractivity contribution >= 4 is 17.9 Å². The van der Waals surface area contributed by atoms with Gasteiger partial charge in [0.15, 0.2) is 0 Å². The molecule has 88 valence electrons. The van der Waals surface area contributed by atoms with Crippen molar-refractivity contribution in [1.82, 2.24) is 4.90 Å². The number of hydrogen-bond acceptors (Lipinski definition) is 4. The predicted octanol–water partition coefficient (Wildman–Crippen LogP) is 1.30. The zero-order chi connectivity index (χ0) is 11.5. The molecule has 1 fully saturated rings. The van der Waals surface area contributed by atoms with Gasteiger partial charge in [-0.2, -0.15) is 11.8 Å². The molecule has 1 saturated heterocycles. The second-order valence-electron chi connectivity index (χ2n) is 4.64. The van der Waals surface area contributed by atoms with Crippen LogP contribution in [0.5, 0.6) is 0 Å². The molecule has 0 aromatic carbocycles. The second-order valence-corrected chi connectivity index (χ2v) is 5.79. The van der Waals surface area contributed by atoms with E-state index in [1.165, 1.54) is 0 Å². The monoisotopic (exact) mass is 232 g/mol. The largest absolute Gasteiger partial charge is 0.444 e. The third kappa shape index (κ3) is 3.91. The zero-order valence-electron chi connectivity index (χ0n) is 9.66. The first-order valence-corrected chi connectivity index (χ1v) is 6.37. The van der Waals surface area contributed by atoms with E-state index in [0.717, 1.165) is 18.1 Å². The smallest absolute Gasteiger partial charge is 0.410 e. The van der Waals surface area contributed by atoms with Gasteiger partial charge in [0.05, 0.1) is 6.04 Å². The number of carbonyl (C=O) groups is 1. The van der Waals surface area contributed by atoms with Crippen LogP contribution in [0.4, 0.5) is 4.79 Å². The van der Waals surface area contributed by atoms with E-state index in [-0.39, 0.29) is 12.1 Å². The maximum absolute atomic E-state index is 11.8. The van der Waals surface area contributed by atoms with E-state index in [9.17, 15) is 4.79 Å². The lowest BCUT2D eigenvalue weighted by Gasteiger charge is -2.35. The summed E-state index contributed by atoms with van der Waals surface area (Å²) in [7, 11) is 0. The van der Waals surface area contributed by atoms with Crippen molar-refractivity contribution in [3.8, 4) is 0 Å². The van der Waals surface area contributed by atoms with Crippen LogP contribution in [0, 0.1) is 0 Å². The number of nitrogens with zero attached hydrogens (tertiary/aromatic N) is 1. The normalized spacial score (nSPS) is 22.7. The molecular formula is C10H20N2O2S. The summed E-state index contributed by atoms with van der Waals surface area (Å²) in [5.41, 5.74) is 5.20. The molecule has 0 saturated carbocycles. The Bertz CT molecular complexity index is 228. The summed E-state index contributed by atoms with van der Waals surface area (Å²) in [5.74, 6) is 1.88. The Hall–Kier alpha value is -0.420. The predicted molar refractivity (Wildman–Crippen MR) is 63.1 cm³/mol. The topological polar surface area (TPSA) is 55.6 Å². The fourth-order valence-electron chi connectivity index (χ4n) is 1.41. The van der Waals surface area contributed by atoms with Crippen LogP contribution in [0.15, 0.2) is 0 Å². The van der Waals surface area contributed by atoms with Crippen molar-refractivity contribution in [2.75, 3.05) is 24.6 Å². The van der Waals surface area contributed by atoms with Crippen molar-refractivity contribution < 1.29 is 9.53 Å². The maximum Gasteiger partial charge on any atom is 0.410 e. The van der Waals surface area contributed by atoms with E-state index >= 15 is 0 Å². The van der Waals surface area contributed by atoms with Gasteiger partial charge < -0.3 is 15.4 Å². The fourth-order valence-corrected chi connectivity index (χ4v) is 2.49. The lowest BCUT2D eigenvalue weighted by atomic mass is 10.2. The molecule has 0 spiro atoms. The Morgan fingerprint density at radius 3 is 2.80 bits per heavy atom. The summed E-state index contributed by atoms with van der Waals surface area (Å²) in [6, 6.07) is 0.124. The van der Waals surface area contributed by atoms with Gasteiger partial charge in [-0.3, -0.25) is 0 Å². The van der Waals surface area contributed by atoms with Crippen LogP contribution < -0.4 is 5.73 Å². The molecule has 15 heavy (non-hydrogen) atoms. The van der Waals surface area contributed by atoms with Crippen molar-refractivity contribution in [2.45, 2.75) is 32.4 Å². The second kappa shape index (κ2) is 5.07. The van der Waals surface area contributed by atoms with Crippen molar-refractivity contribution in [1.29, 1.82) is 0 Å². The SMILES string of the molecule is CC(C)(C)OC(=O)N1CCSC[C@@H]1CN. The van der Waals surface area contributed by atoms with Gasteiger partial charge in [0.25, 0.3) is 0 Å². The Kier molecular flexibility index (Phi) is 4.28. The van der Waals surface area contributed by atoms with Crippen molar-refractivity contribution in [3.63, 3.8) is 0 Å². The molecule has 0 aromatic rings. The Morgan fingerprint density at radius 2 is 2.27 bits per heavy atom. The molecule has 0 bridgehead atoms. The number of carbonyl (C=O) groups excluding carboxylic acids is 1. The Labute approximate surface area is 95.5 Å². The van der Waals surface area contributed by atoms with Gasteiger partial charge in [0.1, 0.15) is 5.60 Å². The van der Waals surface area contributed by atoms with E-state index < -0.39 is 5.60 Å². The van der Waals surface area contributed by atoms with Crippen molar-refractivity contribution in [2.24, 2.45) is 5.73 Å². The maximum atomic E-state index is 11.8. The van der Waals surface area contributed by atoms with E-state index in [1.54, 1.807) is 4.90 Å². The molecule has 2 N–H and O–H groups in total. The molecule has 1 heterocycles. The van der Waals surface area contributed by atoms with Crippen LogP contribution >= 0.6 is 11.8 Å². The van der Waals surface area contributed by atoms with Gasteiger partial charge in [-0.1, -0.05) is 0 Å². The molecule has 4 nitrogen and oxygen atoms in total. The highest BCUT2D eigenvalue weighted by Gasteiger charge is 2.29. The average Bonchev–Trinajstić information content (AvgIpc) is 2.15. The van der Waals surface area contributed by atoms with Crippen LogP contribution in [0.25, 0.3) is 0 Å². The minimum absolute atomic E-state index is 0.124. The van der Waals surface area contributed by atoms with E-state index in [4.69, 9.17) is 10.5 Å². The molecule has 0 unspecified atom stereocenters. The number of thioether (sulfide) groups is 1. The van der Waals surface area contributed by atoms with Crippen LogP contribution in [-0.2, 0) is 4.74 Å². The number of hydrogen-bond donors (Lipinski definition) is 1. The van der Waals surface area contributed by atoms with E-state index in [2.05, 4.69) is 0 Å². The van der Waals surface area contributed by atoms with Gasteiger partial charge >= 0.3 is 6.09 Å². The molecular weight excluding hydrogens is 212 g/mol. The van der Waals surface area contributed by atoms with Gasteiger partial charge in [0.2, 0.25) is 0 Å². The fraction of sp³-hybridized carbons (Fsp3) is 0.900. The molecule has 1 atom stereocenters. The minimum Gasteiger partial charge on any atom is -0.444 e. The summed E-state index contributed by atoms with van der Waals surface area (Å²) in [4.78, 5) is 13.6. The highest BCUT2D eigenvalue weighted by Crippen LogP contribution is 2.18. The molecule has 0 aliphatic carbocycles. The highest BCUT2D eigenvalue weighted by atomic mass is 32.2. The molecule has 1 aliphatic heterocycles. The van der Waals surface area contributed by atoms with Gasteiger partial charge in [-0.05, 0) is 20.8 Å². The standard InChI is InChI=1S/C10H20N2O2S/c1-10(2,3)14-9(13)12-4-5-15-7-8(12)6-11/h8H,4-7,11H2,1-3H3/t8-/m0/s1. The van der Waals surface area contributed by atoms with Gasteiger partial charge in [-0.25, -0.2) is 4.79 Å². The van der Waals surface area contributed by atoms with E-state index in [1.807, 2.05) is 32.5 Å². The Balaban J connectivity index is 2.56. The van der Waals surface area contributed by atoms with Crippen LogP contribution in [-0.4, -0.2) is 47.2 Å². The first-order chi connectivity index (χ1) is 6.94. The molecule has 1 aliphatic rings. The van der Waals surface area contributed by atoms with Crippen molar-refractivity contribution in [3.05, 3.63) is 0 Å². The van der Waals surface area contributed by atoms with Gasteiger partial charge in [0, 0.05) is 24.6 Å². The van der Waals surface area contributed by atoms with Gasteiger partial charge in [-0.15, -0.1) is 0 Å². The molecule has 1 rings (SSSR count). The lowest BCUT2D eigenvalue weighted by Crippen LogP contribution is -2.51. The summed E-state index contributed by atoms with van der Waals surface area (Å²) >= 11 is 1.84. The molecule has 5 heteroatoms. The first-order valence-electron chi connectivity index (χ1n) is 5.21. The van der Waals surface area contributed by atoms with Crippen LogP contribution in [0.3, 0.4) is 0 Å². The zero-order valence-corrected chi connectivity index (χ0v) is 10.5. The van der Waals surface area contributed by atoms with Crippen LogP contribution in [0.2, 0.25) is 0 Å². The summed E-state index contributed by atoms with van der Waals surface area (Å²) < 4.78 is 5.33. The summed E-state index contributed by atoms with van der Waals surface area (Å²) in [6.07, 6.45) is -0.238. The number of nitrogens with two attached hydrogens (primary N) is 1. The number of ether oxygens (including phenoxy) is 1. The lowest BCUT2D eigenvalue weighted by molar-refractivity contribution is 0.0194. The highest BCUT2D eigenvalue weighted by molar-refractivity contribution is 7.99. The summed E-state index contributed by atoms with van der Waals surface area (Å²) in [6.45, 7) is 6.87. The molecule has 1 amide bonds. The number of amides is 1.